The molecule has 17 heavy (non-hydrogen) atoms. The third-order valence-electron chi connectivity index (χ3n) is 2.90. The van der Waals surface area contributed by atoms with E-state index in [1.165, 1.54) is 0 Å². The number of carbonyl (C=O) groups is 1. The zero-order valence-corrected chi connectivity index (χ0v) is 11.4. The molecule has 0 fully saturated rings. The average Bonchev–Trinajstić information content (AvgIpc) is 2.30. The predicted molar refractivity (Wildman–Crippen MR) is 70.5 cm³/mol. The predicted octanol–water partition coefficient (Wildman–Crippen LogP) is 3.66. The van der Waals surface area contributed by atoms with E-state index >= 15 is 0 Å². The minimum absolute atomic E-state index is 0.197. The van der Waals surface area contributed by atoms with Gasteiger partial charge in [0, 0.05) is 25.0 Å². The first-order chi connectivity index (χ1) is 7.94. The van der Waals surface area contributed by atoms with Crippen molar-refractivity contribution >= 4 is 17.4 Å². The Morgan fingerprint density at radius 2 is 2.00 bits per heavy atom. The minimum atomic E-state index is -0.240. The fourth-order valence-electron chi connectivity index (χ4n) is 1.49. The van der Waals surface area contributed by atoms with Crippen LogP contribution < -0.4 is 0 Å². The van der Waals surface area contributed by atoms with Crippen molar-refractivity contribution in [1.29, 1.82) is 0 Å². The molecule has 0 radical (unpaired) electrons. The smallest absolute Gasteiger partial charge is 0.137 e. The first-order valence-electron chi connectivity index (χ1n) is 5.75. The Labute approximate surface area is 108 Å². The molecule has 0 atom stereocenters. The van der Waals surface area contributed by atoms with Gasteiger partial charge < -0.3 is 4.74 Å². The van der Waals surface area contributed by atoms with Crippen molar-refractivity contribution in [3.05, 3.63) is 34.9 Å². The quantitative estimate of drug-likeness (QED) is 0.775. The Bertz CT molecular complexity index is 386. The van der Waals surface area contributed by atoms with Crippen molar-refractivity contribution in [2.75, 3.05) is 7.11 Å². The molecule has 0 heterocycles. The summed E-state index contributed by atoms with van der Waals surface area (Å²) in [7, 11) is 1.67. The fourth-order valence-corrected chi connectivity index (χ4v) is 1.69. The van der Waals surface area contributed by atoms with Gasteiger partial charge >= 0.3 is 0 Å². The number of ether oxygens (including phenoxy) is 1. The Balaban J connectivity index is 2.48. The van der Waals surface area contributed by atoms with Crippen molar-refractivity contribution in [2.24, 2.45) is 0 Å². The van der Waals surface area contributed by atoms with Crippen LogP contribution in [0.3, 0.4) is 0 Å². The maximum Gasteiger partial charge on any atom is 0.137 e. The van der Waals surface area contributed by atoms with Gasteiger partial charge in [-0.15, -0.1) is 0 Å². The van der Waals surface area contributed by atoms with E-state index in [1.807, 2.05) is 38.1 Å². The second-order valence-electron chi connectivity index (χ2n) is 4.77. The van der Waals surface area contributed by atoms with Crippen molar-refractivity contribution in [3.8, 4) is 0 Å². The molecule has 2 nitrogen and oxygen atoms in total. The van der Waals surface area contributed by atoms with Gasteiger partial charge in [-0.2, -0.15) is 0 Å². The summed E-state index contributed by atoms with van der Waals surface area (Å²) < 4.78 is 5.28. The lowest BCUT2D eigenvalue weighted by atomic mass is 9.98. The number of halogens is 1. The number of ketones is 1. The summed E-state index contributed by atoms with van der Waals surface area (Å²) in [6.45, 7) is 3.96. The summed E-state index contributed by atoms with van der Waals surface area (Å²) in [5, 5.41) is 0.659. The van der Waals surface area contributed by atoms with Gasteiger partial charge in [0.1, 0.15) is 5.78 Å². The van der Waals surface area contributed by atoms with Gasteiger partial charge in [0.15, 0.2) is 0 Å². The summed E-state index contributed by atoms with van der Waals surface area (Å²) in [6.07, 6.45) is 1.65. The van der Waals surface area contributed by atoms with E-state index in [0.717, 1.165) is 12.0 Å². The van der Waals surface area contributed by atoms with Crippen LogP contribution in [-0.4, -0.2) is 18.5 Å². The largest absolute Gasteiger partial charge is 0.379 e. The number of hydrogen-bond donors (Lipinski definition) is 0. The SMILES string of the molecule is COC(C)(C)CCC(=O)Cc1ccccc1Cl. The van der Waals surface area contributed by atoms with Crippen molar-refractivity contribution < 1.29 is 9.53 Å². The van der Waals surface area contributed by atoms with Gasteiger partial charge in [0.25, 0.3) is 0 Å². The normalized spacial score (nSPS) is 11.5. The first-order valence-corrected chi connectivity index (χ1v) is 6.13. The molecule has 1 rings (SSSR count). The zero-order chi connectivity index (χ0) is 12.9. The second kappa shape index (κ2) is 6.18. The molecule has 0 aromatic heterocycles. The van der Waals surface area contributed by atoms with Gasteiger partial charge in [-0.05, 0) is 31.9 Å². The Kier molecular flexibility index (Phi) is 5.16. The first kappa shape index (κ1) is 14.2. The van der Waals surface area contributed by atoms with Crippen molar-refractivity contribution in [1.82, 2.24) is 0 Å². The van der Waals surface area contributed by atoms with E-state index < -0.39 is 0 Å². The van der Waals surface area contributed by atoms with E-state index in [4.69, 9.17) is 16.3 Å². The van der Waals surface area contributed by atoms with E-state index in [1.54, 1.807) is 7.11 Å². The molecule has 0 saturated heterocycles. The van der Waals surface area contributed by atoms with E-state index in [-0.39, 0.29) is 11.4 Å². The van der Waals surface area contributed by atoms with Crippen LogP contribution in [-0.2, 0) is 16.0 Å². The molecular weight excluding hydrogens is 236 g/mol. The molecule has 0 N–H and O–H groups in total. The Morgan fingerprint density at radius 1 is 1.35 bits per heavy atom. The fraction of sp³-hybridized carbons (Fsp3) is 0.500. The summed E-state index contributed by atoms with van der Waals surface area (Å²) >= 11 is 6.01. The van der Waals surface area contributed by atoms with Crippen LogP contribution in [0.5, 0.6) is 0 Å². The lowest BCUT2D eigenvalue weighted by Crippen LogP contribution is -2.23. The summed E-state index contributed by atoms with van der Waals surface area (Å²) in [4.78, 5) is 11.8. The topological polar surface area (TPSA) is 26.3 Å². The maximum atomic E-state index is 11.8. The third-order valence-corrected chi connectivity index (χ3v) is 3.27. The molecule has 0 spiro atoms. The molecule has 0 bridgehead atoms. The second-order valence-corrected chi connectivity index (χ2v) is 5.18. The van der Waals surface area contributed by atoms with Gasteiger partial charge in [-0.3, -0.25) is 4.79 Å². The highest BCUT2D eigenvalue weighted by molar-refractivity contribution is 6.31. The van der Waals surface area contributed by atoms with E-state index in [0.29, 0.717) is 17.9 Å². The maximum absolute atomic E-state index is 11.8. The summed E-state index contributed by atoms with van der Waals surface area (Å²) in [6, 6.07) is 7.46. The zero-order valence-electron chi connectivity index (χ0n) is 10.6. The monoisotopic (exact) mass is 254 g/mol. The molecule has 0 amide bonds. The molecule has 0 saturated carbocycles. The van der Waals surface area contributed by atoms with Gasteiger partial charge in [-0.1, -0.05) is 29.8 Å². The number of hydrogen-bond acceptors (Lipinski definition) is 2. The lowest BCUT2D eigenvalue weighted by Gasteiger charge is -2.22. The lowest BCUT2D eigenvalue weighted by molar-refractivity contribution is -0.119. The molecule has 0 aliphatic heterocycles. The molecule has 1 aromatic carbocycles. The summed E-state index contributed by atoms with van der Waals surface area (Å²) in [5.74, 6) is 0.197. The van der Waals surface area contributed by atoms with Crippen LogP contribution in [0.15, 0.2) is 24.3 Å². The van der Waals surface area contributed by atoms with E-state index in [9.17, 15) is 4.79 Å². The number of benzene rings is 1. The van der Waals surface area contributed by atoms with E-state index in [2.05, 4.69) is 0 Å². The number of Topliss-reactive ketones (excluding diaryl/α,β-unsaturated/α-hetero) is 1. The van der Waals surface area contributed by atoms with Gasteiger partial charge in [0.2, 0.25) is 0 Å². The number of rotatable bonds is 6. The number of carbonyl (C=O) groups excluding carboxylic acids is 1. The van der Waals surface area contributed by atoms with Crippen LogP contribution in [0.1, 0.15) is 32.3 Å². The Hall–Kier alpha value is -0.860. The Morgan fingerprint density at radius 3 is 2.59 bits per heavy atom. The molecule has 0 unspecified atom stereocenters. The highest BCUT2D eigenvalue weighted by Gasteiger charge is 2.18. The van der Waals surface area contributed by atoms with Crippen molar-refractivity contribution in [2.45, 2.75) is 38.7 Å². The minimum Gasteiger partial charge on any atom is -0.379 e. The van der Waals surface area contributed by atoms with Gasteiger partial charge in [0.05, 0.1) is 5.60 Å². The molecule has 1 aromatic rings. The van der Waals surface area contributed by atoms with Crippen LogP contribution in [0.25, 0.3) is 0 Å². The molecule has 94 valence electrons. The van der Waals surface area contributed by atoms with Crippen molar-refractivity contribution in [3.63, 3.8) is 0 Å². The highest BCUT2D eigenvalue weighted by Crippen LogP contribution is 2.19. The van der Waals surface area contributed by atoms with Crippen LogP contribution in [0.4, 0.5) is 0 Å². The van der Waals surface area contributed by atoms with Crippen LogP contribution in [0, 0.1) is 0 Å². The molecule has 3 heteroatoms. The molecular formula is C14H19ClO2. The number of methoxy groups -OCH3 is 1. The third kappa shape index (κ3) is 4.88. The summed E-state index contributed by atoms with van der Waals surface area (Å²) in [5.41, 5.74) is 0.658. The van der Waals surface area contributed by atoms with Gasteiger partial charge in [-0.25, -0.2) is 0 Å². The van der Waals surface area contributed by atoms with Crippen LogP contribution >= 0.6 is 11.6 Å². The highest BCUT2D eigenvalue weighted by atomic mass is 35.5. The van der Waals surface area contributed by atoms with Crippen LogP contribution in [0.2, 0.25) is 5.02 Å². The average molecular weight is 255 g/mol. The molecule has 0 aliphatic rings. The standard InChI is InChI=1S/C14H19ClO2/c1-14(2,17-3)9-8-12(16)10-11-6-4-5-7-13(11)15/h4-7H,8-10H2,1-3H3. The molecule has 0 aliphatic carbocycles.